The second kappa shape index (κ2) is 5.51. The molecule has 0 radical (unpaired) electrons. The smallest absolute Gasteiger partial charge is 0.214 e. The van der Waals surface area contributed by atoms with Gasteiger partial charge in [0.15, 0.2) is 6.29 Å². The number of hydrogen-bond acceptors (Lipinski definition) is 4. The zero-order valence-corrected chi connectivity index (χ0v) is 8.16. The van der Waals surface area contributed by atoms with Crippen molar-refractivity contribution in [1.29, 1.82) is 0 Å². The minimum absolute atomic E-state index is 0.361. The van der Waals surface area contributed by atoms with E-state index in [1.54, 1.807) is 12.1 Å². The van der Waals surface area contributed by atoms with Crippen LogP contribution in [-0.4, -0.2) is 32.0 Å². The Bertz CT molecular complexity index is 279. The number of pyridine rings is 1. The number of halogens is 1. The lowest BCUT2D eigenvalue weighted by molar-refractivity contribution is -0.0914. The number of rotatable bonds is 5. The maximum Gasteiger partial charge on any atom is 0.214 e. The summed E-state index contributed by atoms with van der Waals surface area (Å²) in [4.78, 5) is 3.62. The normalized spacial score (nSPS) is 10.6. The molecule has 0 aliphatic carbocycles. The molecule has 0 aliphatic rings. The number of hydrogen-bond donors (Lipinski definition) is 1. The van der Waals surface area contributed by atoms with E-state index in [0.717, 1.165) is 0 Å². The van der Waals surface area contributed by atoms with Crippen molar-refractivity contribution in [2.24, 2.45) is 0 Å². The third kappa shape index (κ3) is 3.27. The number of anilines is 1. The highest BCUT2D eigenvalue weighted by Gasteiger charge is 2.04. The van der Waals surface area contributed by atoms with Crippen LogP contribution in [0.2, 0.25) is 0 Å². The van der Waals surface area contributed by atoms with Gasteiger partial charge in [0.05, 0.1) is 6.54 Å². The van der Waals surface area contributed by atoms with Crippen LogP contribution in [0.5, 0.6) is 0 Å². The van der Waals surface area contributed by atoms with Gasteiger partial charge in [0, 0.05) is 14.2 Å². The van der Waals surface area contributed by atoms with E-state index in [0.29, 0.717) is 12.4 Å². The van der Waals surface area contributed by atoms with Crippen molar-refractivity contribution in [2.75, 3.05) is 26.1 Å². The molecule has 0 spiro atoms. The Morgan fingerprint density at radius 3 is 2.71 bits per heavy atom. The van der Waals surface area contributed by atoms with Gasteiger partial charge >= 0.3 is 0 Å². The van der Waals surface area contributed by atoms with E-state index in [4.69, 9.17) is 9.47 Å². The fourth-order valence-corrected chi connectivity index (χ4v) is 0.958. The van der Waals surface area contributed by atoms with Gasteiger partial charge in [-0.25, -0.2) is 4.98 Å². The molecule has 1 aromatic rings. The van der Waals surface area contributed by atoms with E-state index in [1.165, 1.54) is 20.3 Å². The Kier molecular flexibility index (Phi) is 4.28. The summed E-state index contributed by atoms with van der Waals surface area (Å²) in [6, 6.07) is 4.54. The lowest BCUT2D eigenvalue weighted by Gasteiger charge is -2.14. The second-order valence-electron chi connectivity index (χ2n) is 2.63. The molecule has 0 fully saturated rings. The number of ether oxygens (including phenoxy) is 2. The lowest BCUT2D eigenvalue weighted by Crippen LogP contribution is -2.24. The maximum absolute atomic E-state index is 12.6. The Balaban J connectivity index is 2.44. The van der Waals surface area contributed by atoms with Crippen molar-refractivity contribution >= 4 is 5.82 Å². The van der Waals surface area contributed by atoms with Crippen LogP contribution in [0.1, 0.15) is 0 Å². The van der Waals surface area contributed by atoms with Crippen LogP contribution < -0.4 is 5.32 Å². The summed E-state index contributed by atoms with van der Waals surface area (Å²) in [5.74, 6) is -0.0505. The first-order chi connectivity index (χ1) is 6.76. The number of aromatic nitrogens is 1. The minimum atomic E-state index is -0.513. The monoisotopic (exact) mass is 200 g/mol. The van der Waals surface area contributed by atoms with Crippen molar-refractivity contribution in [1.82, 2.24) is 4.98 Å². The topological polar surface area (TPSA) is 43.4 Å². The quantitative estimate of drug-likeness (QED) is 0.574. The van der Waals surface area contributed by atoms with E-state index in [-0.39, 0.29) is 6.29 Å². The molecule has 0 saturated heterocycles. The van der Waals surface area contributed by atoms with Gasteiger partial charge in [-0.05, 0) is 12.1 Å². The fourth-order valence-electron chi connectivity index (χ4n) is 0.958. The van der Waals surface area contributed by atoms with Gasteiger partial charge in [-0.3, -0.25) is 0 Å². The molecule has 1 heterocycles. The molecule has 0 bridgehead atoms. The predicted octanol–water partition coefficient (Wildman–Crippen LogP) is 1.25. The van der Waals surface area contributed by atoms with Crippen molar-refractivity contribution in [2.45, 2.75) is 6.29 Å². The van der Waals surface area contributed by atoms with E-state index in [1.807, 2.05) is 0 Å². The van der Waals surface area contributed by atoms with E-state index < -0.39 is 5.95 Å². The van der Waals surface area contributed by atoms with E-state index in [2.05, 4.69) is 10.3 Å². The summed E-state index contributed by atoms with van der Waals surface area (Å²) in [5.41, 5.74) is 0. The van der Waals surface area contributed by atoms with Gasteiger partial charge < -0.3 is 14.8 Å². The summed E-state index contributed by atoms with van der Waals surface area (Å²) in [5, 5.41) is 2.89. The first-order valence-corrected chi connectivity index (χ1v) is 4.18. The molecule has 0 saturated carbocycles. The van der Waals surface area contributed by atoms with Crippen LogP contribution in [0.4, 0.5) is 10.2 Å². The first-order valence-electron chi connectivity index (χ1n) is 4.18. The SMILES string of the molecule is COC(CNc1cccc(F)n1)OC. The van der Waals surface area contributed by atoms with Gasteiger partial charge in [0.25, 0.3) is 0 Å². The molecular formula is C9H13FN2O2. The standard InChI is InChI=1S/C9H13FN2O2/c1-13-9(14-2)6-11-8-5-3-4-7(10)12-8/h3-5,9H,6H2,1-2H3,(H,11,12). The Hall–Kier alpha value is -1.20. The highest BCUT2D eigenvalue weighted by atomic mass is 19.1. The summed E-state index contributed by atoms with van der Waals surface area (Å²) >= 11 is 0. The largest absolute Gasteiger partial charge is 0.365 e. The lowest BCUT2D eigenvalue weighted by atomic mass is 10.4. The highest BCUT2D eigenvalue weighted by molar-refractivity contribution is 5.33. The van der Waals surface area contributed by atoms with Crippen LogP contribution >= 0.6 is 0 Å². The van der Waals surface area contributed by atoms with Crippen LogP contribution in [-0.2, 0) is 9.47 Å². The van der Waals surface area contributed by atoms with Crippen LogP contribution in [0.3, 0.4) is 0 Å². The molecule has 0 amide bonds. The third-order valence-electron chi connectivity index (χ3n) is 1.69. The van der Waals surface area contributed by atoms with Crippen LogP contribution in [0.25, 0.3) is 0 Å². The highest BCUT2D eigenvalue weighted by Crippen LogP contribution is 2.03. The van der Waals surface area contributed by atoms with Crippen molar-refractivity contribution < 1.29 is 13.9 Å². The van der Waals surface area contributed by atoms with Gasteiger partial charge in [-0.2, -0.15) is 4.39 Å². The van der Waals surface area contributed by atoms with Crippen molar-refractivity contribution in [3.8, 4) is 0 Å². The first kappa shape index (κ1) is 10.9. The summed E-state index contributed by atoms with van der Waals surface area (Å²) in [7, 11) is 3.07. The molecule has 0 aromatic carbocycles. The van der Waals surface area contributed by atoms with Gasteiger partial charge in [-0.1, -0.05) is 6.07 Å². The van der Waals surface area contributed by atoms with Crippen LogP contribution in [0.15, 0.2) is 18.2 Å². The van der Waals surface area contributed by atoms with E-state index >= 15 is 0 Å². The number of nitrogens with one attached hydrogen (secondary N) is 1. The van der Waals surface area contributed by atoms with E-state index in [9.17, 15) is 4.39 Å². The molecule has 0 atom stereocenters. The van der Waals surface area contributed by atoms with Gasteiger partial charge in [0.2, 0.25) is 5.95 Å². The molecule has 1 N–H and O–H groups in total. The van der Waals surface area contributed by atoms with Gasteiger partial charge in [0.1, 0.15) is 5.82 Å². The molecule has 78 valence electrons. The minimum Gasteiger partial charge on any atom is -0.365 e. The average molecular weight is 200 g/mol. The summed E-state index contributed by atoms with van der Waals surface area (Å²) < 4.78 is 22.5. The van der Waals surface area contributed by atoms with Crippen molar-refractivity contribution in [3.05, 3.63) is 24.1 Å². The third-order valence-corrected chi connectivity index (χ3v) is 1.69. The molecule has 4 nitrogen and oxygen atoms in total. The Morgan fingerprint density at radius 2 is 2.14 bits per heavy atom. The summed E-state index contributed by atoms with van der Waals surface area (Å²) in [6.07, 6.45) is -0.361. The Labute approximate surface area is 82.1 Å². The summed E-state index contributed by atoms with van der Waals surface area (Å²) in [6.45, 7) is 0.420. The molecule has 0 unspecified atom stereocenters. The van der Waals surface area contributed by atoms with Crippen molar-refractivity contribution in [3.63, 3.8) is 0 Å². The molecular weight excluding hydrogens is 187 g/mol. The molecule has 14 heavy (non-hydrogen) atoms. The fraction of sp³-hybridized carbons (Fsp3) is 0.444. The molecule has 1 aromatic heterocycles. The number of nitrogens with zero attached hydrogens (tertiary/aromatic N) is 1. The Morgan fingerprint density at radius 1 is 1.43 bits per heavy atom. The average Bonchev–Trinajstić information content (AvgIpc) is 2.19. The van der Waals surface area contributed by atoms with Crippen LogP contribution in [0, 0.1) is 5.95 Å². The molecule has 1 rings (SSSR count). The molecule has 5 heteroatoms. The maximum atomic E-state index is 12.6. The molecule has 0 aliphatic heterocycles. The second-order valence-corrected chi connectivity index (χ2v) is 2.63. The zero-order valence-electron chi connectivity index (χ0n) is 8.16. The predicted molar refractivity (Wildman–Crippen MR) is 50.5 cm³/mol. The number of methoxy groups -OCH3 is 2. The van der Waals surface area contributed by atoms with Gasteiger partial charge in [-0.15, -0.1) is 0 Å². The zero-order chi connectivity index (χ0) is 10.4.